The van der Waals surface area contributed by atoms with Gasteiger partial charge in [-0.15, -0.1) is 0 Å². The molecule has 2 N–H and O–H groups in total. The van der Waals surface area contributed by atoms with Crippen LogP contribution in [0.1, 0.15) is 11.3 Å². The number of halogens is 1. The average Bonchev–Trinajstić information content (AvgIpc) is 3.15. The molecule has 3 rings (SSSR count). The predicted octanol–water partition coefficient (Wildman–Crippen LogP) is 4.65. The Labute approximate surface area is 165 Å². The van der Waals surface area contributed by atoms with Gasteiger partial charge in [0.15, 0.2) is 0 Å². The van der Waals surface area contributed by atoms with Gasteiger partial charge in [0.1, 0.15) is 18.1 Å². The molecule has 142 valence electrons. The van der Waals surface area contributed by atoms with E-state index < -0.39 is 10.8 Å². The molecule has 1 aromatic heterocycles. The summed E-state index contributed by atoms with van der Waals surface area (Å²) in [6, 6.07) is 14.3. The molecule has 0 spiro atoms. The fourth-order valence-electron chi connectivity index (χ4n) is 2.50. The van der Waals surface area contributed by atoms with Crippen LogP contribution in [0.4, 0.5) is 11.4 Å². The van der Waals surface area contributed by atoms with Crippen molar-refractivity contribution in [3.05, 3.63) is 87.1 Å². The molecule has 0 saturated heterocycles. The third-order valence-electron chi connectivity index (χ3n) is 3.83. The van der Waals surface area contributed by atoms with Crippen molar-refractivity contribution < 1.29 is 19.2 Å². The Morgan fingerprint density at radius 3 is 2.71 bits per heavy atom. The number of benzene rings is 2. The van der Waals surface area contributed by atoms with Crippen LogP contribution in [-0.2, 0) is 11.4 Å². The van der Waals surface area contributed by atoms with Gasteiger partial charge in [0.05, 0.1) is 9.95 Å². The van der Waals surface area contributed by atoms with Crippen LogP contribution in [0.5, 0.6) is 0 Å². The number of aliphatic hydroxyl groups excluding tert-OH is 1. The Bertz CT molecular complexity index is 1060. The number of furan rings is 1. The van der Waals surface area contributed by atoms with Crippen LogP contribution in [0.15, 0.2) is 65.1 Å². The molecule has 0 unspecified atom stereocenters. The third kappa shape index (κ3) is 4.64. The zero-order valence-corrected chi connectivity index (χ0v) is 15.2. The summed E-state index contributed by atoms with van der Waals surface area (Å²) in [5.74, 6) is 0.531. The first-order chi connectivity index (χ1) is 13.5. The van der Waals surface area contributed by atoms with Gasteiger partial charge in [-0.05, 0) is 42.0 Å². The van der Waals surface area contributed by atoms with E-state index in [9.17, 15) is 14.9 Å². The number of nitro benzene ring substituents is 1. The summed E-state index contributed by atoms with van der Waals surface area (Å²) in [5.41, 5.74) is 1.60. The topological polar surface area (TPSA) is 106 Å². The quantitative estimate of drug-likeness (QED) is 0.357. The number of non-ortho nitro benzene ring substituents is 1. The molecule has 28 heavy (non-hydrogen) atoms. The van der Waals surface area contributed by atoms with Crippen molar-refractivity contribution in [1.82, 2.24) is 0 Å². The van der Waals surface area contributed by atoms with Crippen LogP contribution in [0.3, 0.4) is 0 Å². The van der Waals surface area contributed by atoms with Gasteiger partial charge >= 0.3 is 0 Å². The number of amides is 1. The Morgan fingerprint density at radius 2 is 2.04 bits per heavy atom. The van der Waals surface area contributed by atoms with Crippen molar-refractivity contribution in [3.63, 3.8) is 0 Å². The molecular weight excluding hydrogens is 384 g/mol. The van der Waals surface area contributed by atoms with E-state index in [-0.39, 0.29) is 12.3 Å². The van der Waals surface area contributed by atoms with Crippen molar-refractivity contribution in [3.8, 4) is 11.3 Å². The van der Waals surface area contributed by atoms with Crippen molar-refractivity contribution in [1.29, 1.82) is 0 Å². The van der Waals surface area contributed by atoms with E-state index in [1.54, 1.807) is 42.5 Å². The van der Waals surface area contributed by atoms with E-state index in [0.717, 1.165) is 0 Å². The fraction of sp³-hybridized carbons (Fsp3) is 0.0500. The highest BCUT2D eigenvalue weighted by Gasteiger charge is 2.10. The Morgan fingerprint density at radius 1 is 1.21 bits per heavy atom. The van der Waals surface area contributed by atoms with Crippen molar-refractivity contribution >= 4 is 35.0 Å². The number of anilines is 1. The fourth-order valence-corrected chi connectivity index (χ4v) is 2.77. The molecule has 0 bridgehead atoms. The van der Waals surface area contributed by atoms with Gasteiger partial charge in [-0.3, -0.25) is 14.9 Å². The Hall–Kier alpha value is -3.42. The number of carbonyl (C=O) groups is 1. The lowest BCUT2D eigenvalue weighted by Crippen LogP contribution is -2.07. The largest absolute Gasteiger partial charge is 0.459 e. The second kappa shape index (κ2) is 8.51. The minimum atomic E-state index is -0.497. The normalized spacial score (nSPS) is 10.9. The van der Waals surface area contributed by atoms with E-state index >= 15 is 0 Å². The molecule has 3 aromatic rings. The van der Waals surface area contributed by atoms with E-state index in [1.807, 2.05) is 0 Å². The first kappa shape index (κ1) is 19.3. The molecule has 0 aliphatic carbocycles. The molecule has 8 heteroatoms. The molecule has 0 aliphatic heterocycles. The zero-order chi connectivity index (χ0) is 20.1. The minimum Gasteiger partial charge on any atom is -0.459 e. The first-order valence-corrected chi connectivity index (χ1v) is 8.57. The smallest absolute Gasteiger partial charge is 0.270 e. The van der Waals surface area contributed by atoms with E-state index in [2.05, 4.69) is 5.32 Å². The molecule has 0 saturated carbocycles. The van der Waals surface area contributed by atoms with Crippen LogP contribution in [0.2, 0.25) is 5.02 Å². The summed E-state index contributed by atoms with van der Waals surface area (Å²) in [6.07, 6.45) is 2.76. The number of hydrogen-bond donors (Lipinski definition) is 2. The number of aliphatic hydroxyl groups is 1. The minimum absolute atomic E-state index is 0.0489. The zero-order valence-electron chi connectivity index (χ0n) is 14.5. The Balaban J connectivity index is 1.69. The van der Waals surface area contributed by atoms with Crippen LogP contribution in [-0.4, -0.2) is 15.9 Å². The number of hydrogen-bond acceptors (Lipinski definition) is 5. The summed E-state index contributed by atoms with van der Waals surface area (Å²) in [7, 11) is 0. The molecule has 0 atom stereocenters. The lowest BCUT2D eigenvalue weighted by atomic mass is 10.1. The summed E-state index contributed by atoms with van der Waals surface area (Å²) < 4.78 is 5.45. The molecule has 0 radical (unpaired) electrons. The maximum atomic E-state index is 12.1. The van der Waals surface area contributed by atoms with E-state index in [4.69, 9.17) is 21.1 Å². The van der Waals surface area contributed by atoms with Crippen LogP contribution in [0.25, 0.3) is 17.4 Å². The predicted molar refractivity (Wildman–Crippen MR) is 106 cm³/mol. The van der Waals surface area contributed by atoms with Gasteiger partial charge in [0.25, 0.3) is 5.69 Å². The lowest BCUT2D eigenvalue weighted by molar-refractivity contribution is -0.384. The van der Waals surface area contributed by atoms with Crippen molar-refractivity contribution in [2.45, 2.75) is 6.61 Å². The highest BCUT2D eigenvalue weighted by Crippen LogP contribution is 2.31. The second-order valence-electron chi connectivity index (χ2n) is 5.79. The maximum Gasteiger partial charge on any atom is 0.270 e. The molecule has 1 amide bonds. The van der Waals surface area contributed by atoms with Crippen LogP contribution in [0, 0.1) is 10.1 Å². The monoisotopic (exact) mass is 398 g/mol. The van der Waals surface area contributed by atoms with Crippen LogP contribution >= 0.6 is 11.6 Å². The molecule has 2 aromatic carbocycles. The molecule has 7 nitrogen and oxygen atoms in total. The van der Waals surface area contributed by atoms with Crippen LogP contribution < -0.4 is 5.32 Å². The standard InChI is InChI=1S/C20H15ClN2O5/c21-18-11-14(5-7-17(18)19-8-6-16(12-24)28-19)22-20(25)9-4-13-2-1-3-15(10-13)23(26)27/h1-11,24H,12H2,(H,22,25)/b9-4+. The summed E-state index contributed by atoms with van der Waals surface area (Å²) in [6.45, 7) is -0.206. The number of carbonyl (C=O) groups excluding carboxylic acids is 1. The van der Waals surface area contributed by atoms with E-state index in [0.29, 0.717) is 33.4 Å². The van der Waals surface area contributed by atoms with Gasteiger partial charge in [-0.1, -0.05) is 23.7 Å². The van der Waals surface area contributed by atoms with Crippen molar-refractivity contribution in [2.24, 2.45) is 0 Å². The Kier molecular flexibility index (Phi) is 5.88. The highest BCUT2D eigenvalue weighted by atomic mass is 35.5. The van der Waals surface area contributed by atoms with Gasteiger partial charge in [0.2, 0.25) is 5.91 Å². The highest BCUT2D eigenvalue weighted by molar-refractivity contribution is 6.33. The second-order valence-corrected chi connectivity index (χ2v) is 6.20. The first-order valence-electron chi connectivity index (χ1n) is 8.19. The molecule has 0 fully saturated rings. The van der Waals surface area contributed by atoms with Gasteiger partial charge in [0, 0.05) is 29.5 Å². The van der Waals surface area contributed by atoms with Gasteiger partial charge in [-0.25, -0.2) is 0 Å². The summed E-state index contributed by atoms with van der Waals surface area (Å²) in [4.78, 5) is 22.4. The number of nitrogens with zero attached hydrogens (tertiary/aromatic N) is 1. The molecular formula is C20H15ClN2O5. The lowest BCUT2D eigenvalue weighted by Gasteiger charge is -2.06. The van der Waals surface area contributed by atoms with Gasteiger partial charge < -0.3 is 14.8 Å². The van der Waals surface area contributed by atoms with Gasteiger partial charge in [-0.2, -0.15) is 0 Å². The van der Waals surface area contributed by atoms with E-state index in [1.165, 1.54) is 24.3 Å². The number of nitrogens with one attached hydrogen (secondary N) is 1. The van der Waals surface area contributed by atoms with Crippen molar-refractivity contribution in [2.75, 3.05) is 5.32 Å². The maximum absolute atomic E-state index is 12.1. The summed E-state index contributed by atoms with van der Waals surface area (Å²) >= 11 is 6.26. The SMILES string of the molecule is O=C(/C=C/c1cccc([N+](=O)[O-])c1)Nc1ccc(-c2ccc(CO)o2)c(Cl)c1. The molecule has 0 aliphatic rings. The molecule has 1 heterocycles. The average molecular weight is 399 g/mol. The number of rotatable bonds is 6. The number of nitro groups is 1. The summed E-state index contributed by atoms with van der Waals surface area (Å²) in [5, 5.41) is 22.9. The third-order valence-corrected chi connectivity index (χ3v) is 4.14.